The maximum atomic E-state index is 11.3. The molecular formula is C13H17NO4. The fraction of sp³-hybridized carbons (Fsp3) is 0.385. The Bertz CT molecular complexity index is 429. The minimum absolute atomic E-state index is 0.0225. The lowest BCUT2D eigenvalue weighted by Gasteiger charge is -2.12. The van der Waals surface area contributed by atoms with Crippen molar-refractivity contribution in [3.63, 3.8) is 0 Å². The van der Waals surface area contributed by atoms with Crippen LogP contribution in [0.1, 0.15) is 12.0 Å². The maximum absolute atomic E-state index is 11.3. The maximum Gasteiger partial charge on any atom is 0.307 e. The Labute approximate surface area is 106 Å². The standard InChI is InChI=1S/C13H17NO4/c1-14(2)12(15)7-8-18-11-6-4-3-5-10(11)9-13(16)17/h3-6H,7-9H2,1-2H3,(H,16,17). The molecule has 0 aliphatic rings. The van der Waals surface area contributed by atoms with Crippen LogP contribution in [-0.4, -0.2) is 42.6 Å². The van der Waals surface area contributed by atoms with E-state index in [9.17, 15) is 9.59 Å². The smallest absolute Gasteiger partial charge is 0.307 e. The van der Waals surface area contributed by atoms with E-state index in [0.29, 0.717) is 11.3 Å². The number of carboxylic acids is 1. The number of para-hydroxylation sites is 1. The second-order valence-electron chi connectivity index (χ2n) is 4.06. The fourth-order valence-corrected chi connectivity index (χ4v) is 1.43. The van der Waals surface area contributed by atoms with E-state index in [1.807, 2.05) is 0 Å². The van der Waals surface area contributed by atoms with E-state index in [-0.39, 0.29) is 25.4 Å². The third-order valence-corrected chi connectivity index (χ3v) is 2.39. The van der Waals surface area contributed by atoms with Gasteiger partial charge in [-0.05, 0) is 6.07 Å². The molecular weight excluding hydrogens is 234 g/mol. The van der Waals surface area contributed by atoms with E-state index < -0.39 is 5.97 Å². The third-order valence-electron chi connectivity index (χ3n) is 2.39. The zero-order chi connectivity index (χ0) is 13.5. The summed E-state index contributed by atoms with van der Waals surface area (Å²) in [5.74, 6) is -0.410. The van der Waals surface area contributed by atoms with Crippen molar-refractivity contribution in [2.24, 2.45) is 0 Å². The summed E-state index contributed by atoms with van der Waals surface area (Å²) in [6, 6.07) is 6.94. The van der Waals surface area contributed by atoms with Crippen LogP contribution in [0.5, 0.6) is 5.75 Å². The van der Waals surface area contributed by atoms with E-state index in [1.165, 1.54) is 4.90 Å². The van der Waals surface area contributed by atoms with Crippen molar-refractivity contribution in [3.05, 3.63) is 29.8 Å². The van der Waals surface area contributed by atoms with Gasteiger partial charge in [0.25, 0.3) is 0 Å². The number of carbonyl (C=O) groups excluding carboxylic acids is 1. The lowest BCUT2D eigenvalue weighted by Crippen LogP contribution is -2.23. The highest BCUT2D eigenvalue weighted by Gasteiger charge is 2.08. The molecule has 0 aliphatic heterocycles. The van der Waals surface area contributed by atoms with Gasteiger partial charge in [-0.2, -0.15) is 0 Å². The number of benzene rings is 1. The molecule has 0 aromatic heterocycles. The average Bonchev–Trinajstić information content (AvgIpc) is 2.30. The fourth-order valence-electron chi connectivity index (χ4n) is 1.43. The molecule has 1 amide bonds. The Morgan fingerprint density at radius 1 is 1.28 bits per heavy atom. The van der Waals surface area contributed by atoms with E-state index in [2.05, 4.69) is 0 Å². The van der Waals surface area contributed by atoms with E-state index in [1.54, 1.807) is 38.4 Å². The number of carbonyl (C=O) groups is 2. The largest absolute Gasteiger partial charge is 0.493 e. The quantitative estimate of drug-likeness (QED) is 0.824. The molecule has 0 heterocycles. The Balaban J connectivity index is 2.56. The first kappa shape index (κ1) is 14.0. The van der Waals surface area contributed by atoms with Crippen molar-refractivity contribution < 1.29 is 19.4 Å². The molecule has 5 heteroatoms. The lowest BCUT2D eigenvalue weighted by atomic mass is 10.1. The van der Waals surface area contributed by atoms with Crippen LogP contribution >= 0.6 is 0 Å². The molecule has 1 N–H and O–H groups in total. The SMILES string of the molecule is CN(C)C(=O)CCOc1ccccc1CC(=O)O. The molecule has 0 aliphatic carbocycles. The van der Waals surface area contributed by atoms with E-state index >= 15 is 0 Å². The predicted molar refractivity (Wildman–Crippen MR) is 66.6 cm³/mol. The van der Waals surface area contributed by atoms with Crippen molar-refractivity contribution in [1.29, 1.82) is 0 Å². The molecule has 1 aromatic carbocycles. The zero-order valence-corrected chi connectivity index (χ0v) is 10.5. The summed E-state index contributed by atoms with van der Waals surface area (Å²) in [5.41, 5.74) is 0.613. The topological polar surface area (TPSA) is 66.8 Å². The second-order valence-corrected chi connectivity index (χ2v) is 4.06. The number of rotatable bonds is 6. The van der Waals surface area contributed by atoms with Gasteiger partial charge in [-0.1, -0.05) is 18.2 Å². The van der Waals surface area contributed by atoms with Gasteiger partial charge in [0.05, 0.1) is 19.4 Å². The Morgan fingerprint density at radius 3 is 2.56 bits per heavy atom. The van der Waals surface area contributed by atoms with Gasteiger partial charge in [0.15, 0.2) is 0 Å². The van der Waals surface area contributed by atoms with Gasteiger partial charge in [0.2, 0.25) is 5.91 Å². The Morgan fingerprint density at radius 2 is 1.94 bits per heavy atom. The molecule has 98 valence electrons. The van der Waals surface area contributed by atoms with Crippen molar-refractivity contribution in [1.82, 2.24) is 4.90 Å². The summed E-state index contributed by atoms with van der Waals surface area (Å²) in [6.45, 7) is 0.244. The van der Waals surface area contributed by atoms with Crippen LogP contribution in [0, 0.1) is 0 Å². The van der Waals surface area contributed by atoms with Crippen LogP contribution in [0.4, 0.5) is 0 Å². The van der Waals surface area contributed by atoms with Crippen LogP contribution < -0.4 is 4.74 Å². The summed E-state index contributed by atoms with van der Waals surface area (Å²) >= 11 is 0. The van der Waals surface area contributed by atoms with Crippen molar-refractivity contribution in [2.75, 3.05) is 20.7 Å². The predicted octanol–water partition coefficient (Wildman–Crippen LogP) is 1.17. The van der Waals surface area contributed by atoms with Crippen LogP contribution in [0.25, 0.3) is 0 Å². The molecule has 0 saturated heterocycles. The number of aliphatic carboxylic acids is 1. The second kappa shape index (κ2) is 6.64. The summed E-state index contributed by atoms with van der Waals surface area (Å²) in [5, 5.41) is 8.76. The molecule has 1 aromatic rings. The minimum atomic E-state index is -0.907. The summed E-state index contributed by atoms with van der Waals surface area (Å²) in [4.78, 5) is 23.5. The van der Waals surface area contributed by atoms with Gasteiger partial charge in [-0.25, -0.2) is 0 Å². The number of ether oxygens (including phenoxy) is 1. The third kappa shape index (κ3) is 4.45. The number of nitrogens with zero attached hydrogens (tertiary/aromatic N) is 1. The van der Waals surface area contributed by atoms with Gasteiger partial charge in [-0.15, -0.1) is 0 Å². The highest BCUT2D eigenvalue weighted by atomic mass is 16.5. The number of hydrogen-bond acceptors (Lipinski definition) is 3. The molecule has 0 unspecified atom stereocenters. The Kier molecular flexibility index (Phi) is 5.17. The first-order valence-corrected chi connectivity index (χ1v) is 5.63. The molecule has 0 saturated carbocycles. The highest BCUT2D eigenvalue weighted by molar-refractivity contribution is 5.75. The van der Waals surface area contributed by atoms with Crippen LogP contribution in [-0.2, 0) is 16.0 Å². The van der Waals surface area contributed by atoms with Gasteiger partial charge in [0, 0.05) is 19.7 Å². The average molecular weight is 251 g/mol. The zero-order valence-electron chi connectivity index (χ0n) is 10.5. The number of amides is 1. The summed E-state index contributed by atoms with van der Waals surface area (Å²) in [7, 11) is 3.36. The van der Waals surface area contributed by atoms with Crippen molar-refractivity contribution in [2.45, 2.75) is 12.8 Å². The lowest BCUT2D eigenvalue weighted by molar-refractivity contribution is -0.136. The number of carboxylic acid groups (broad SMARTS) is 1. The number of hydrogen-bond donors (Lipinski definition) is 1. The molecule has 0 radical (unpaired) electrons. The van der Waals surface area contributed by atoms with Crippen molar-refractivity contribution in [3.8, 4) is 5.75 Å². The van der Waals surface area contributed by atoms with Crippen molar-refractivity contribution >= 4 is 11.9 Å². The van der Waals surface area contributed by atoms with Crippen LogP contribution in [0.3, 0.4) is 0 Å². The van der Waals surface area contributed by atoms with E-state index in [0.717, 1.165) is 0 Å². The molecule has 5 nitrogen and oxygen atoms in total. The molecule has 0 atom stereocenters. The van der Waals surface area contributed by atoms with Gasteiger partial charge >= 0.3 is 5.97 Å². The highest BCUT2D eigenvalue weighted by Crippen LogP contribution is 2.18. The molecule has 0 bridgehead atoms. The normalized spacial score (nSPS) is 9.89. The molecule has 0 spiro atoms. The summed E-state index contributed by atoms with van der Waals surface area (Å²) in [6.07, 6.45) is 0.187. The molecule has 18 heavy (non-hydrogen) atoms. The van der Waals surface area contributed by atoms with Crippen LogP contribution in [0.2, 0.25) is 0 Å². The van der Waals surface area contributed by atoms with E-state index in [4.69, 9.17) is 9.84 Å². The van der Waals surface area contributed by atoms with Gasteiger partial charge in [-0.3, -0.25) is 9.59 Å². The molecule has 0 fully saturated rings. The first-order chi connectivity index (χ1) is 8.50. The Hall–Kier alpha value is -2.04. The monoisotopic (exact) mass is 251 g/mol. The van der Waals surface area contributed by atoms with Gasteiger partial charge < -0.3 is 14.7 Å². The van der Waals surface area contributed by atoms with Gasteiger partial charge in [0.1, 0.15) is 5.75 Å². The minimum Gasteiger partial charge on any atom is -0.493 e. The van der Waals surface area contributed by atoms with Crippen LogP contribution in [0.15, 0.2) is 24.3 Å². The molecule has 1 rings (SSSR count). The summed E-state index contributed by atoms with van der Waals surface area (Å²) < 4.78 is 5.45. The first-order valence-electron chi connectivity index (χ1n) is 5.63.